The van der Waals surface area contributed by atoms with Gasteiger partial charge in [-0.05, 0) is 74.8 Å². The summed E-state index contributed by atoms with van der Waals surface area (Å²) < 4.78 is 47.0. The number of carbonyl (C=O) groups excluding carboxylic acids is 4. The highest BCUT2D eigenvalue weighted by molar-refractivity contribution is 7.90. The van der Waals surface area contributed by atoms with Crippen molar-refractivity contribution >= 4 is 44.5 Å². The number of fused-ring (bicyclic) bond motifs is 4. The Hall–Kier alpha value is -4.52. The van der Waals surface area contributed by atoms with Gasteiger partial charge in [-0.25, -0.2) is 13.4 Å². The molecule has 0 radical (unpaired) electrons. The summed E-state index contributed by atoms with van der Waals surface area (Å²) in [5.74, 6) is -0.990. The topological polar surface area (TPSA) is 158 Å². The number of cyclic esters (lactones) is 1. The first-order valence-corrected chi connectivity index (χ1v) is 23.8. The third-order valence-electron chi connectivity index (χ3n) is 13.6. The number of hydrogen-bond donors (Lipinski definition) is 1. The van der Waals surface area contributed by atoms with Crippen LogP contribution in [0.5, 0.6) is 11.5 Å². The lowest BCUT2D eigenvalue weighted by atomic mass is 9.90. The number of aromatic nitrogens is 1. The summed E-state index contributed by atoms with van der Waals surface area (Å²) in [5, 5.41) is 0.219. The summed E-state index contributed by atoms with van der Waals surface area (Å²) in [6.45, 7) is 2.44. The van der Waals surface area contributed by atoms with Crippen LogP contribution in [-0.2, 0) is 40.4 Å². The molecular formula is C47H59N3O9S. The lowest BCUT2D eigenvalue weighted by molar-refractivity contribution is -0.151. The Morgan fingerprint density at radius 1 is 0.933 bits per heavy atom. The zero-order chi connectivity index (χ0) is 42.0. The first-order chi connectivity index (χ1) is 28.9. The Bertz CT molecular complexity index is 2210. The van der Waals surface area contributed by atoms with Gasteiger partial charge >= 0.3 is 5.97 Å². The maximum absolute atomic E-state index is 14.9. The van der Waals surface area contributed by atoms with Crippen molar-refractivity contribution < 1.29 is 41.8 Å². The molecule has 0 spiro atoms. The van der Waals surface area contributed by atoms with Crippen LogP contribution < -0.4 is 14.2 Å². The predicted molar refractivity (Wildman–Crippen MR) is 227 cm³/mol. The van der Waals surface area contributed by atoms with E-state index in [0.29, 0.717) is 42.6 Å². The summed E-state index contributed by atoms with van der Waals surface area (Å²) in [4.78, 5) is 63.7. The van der Waals surface area contributed by atoms with Crippen LogP contribution in [0.1, 0.15) is 115 Å². The van der Waals surface area contributed by atoms with Crippen molar-refractivity contribution in [1.82, 2.24) is 14.6 Å². The van der Waals surface area contributed by atoms with Gasteiger partial charge in [-0.15, -0.1) is 0 Å². The number of carbonyl (C=O) groups is 4. The summed E-state index contributed by atoms with van der Waals surface area (Å²) in [6.07, 6.45) is 9.79. The predicted octanol–water partition coefficient (Wildman–Crippen LogP) is 7.49. The molecule has 8 rings (SSSR count). The largest absolute Gasteiger partial charge is 0.496 e. The third-order valence-corrected chi connectivity index (χ3v) is 15.4. The van der Waals surface area contributed by atoms with Crippen LogP contribution in [0.4, 0.5) is 0 Å². The number of nitrogens with one attached hydrogen (secondary N) is 1. The van der Waals surface area contributed by atoms with E-state index in [1.807, 2.05) is 42.5 Å². The Kier molecular flexibility index (Phi) is 12.5. The molecule has 1 aromatic heterocycles. The molecule has 2 saturated heterocycles. The van der Waals surface area contributed by atoms with Crippen molar-refractivity contribution in [3.63, 3.8) is 0 Å². The number of pyridine rings is 1. The van der Waals surface area contributed by atoms with Gasteiger partial charge in [0, 0.05) is 41.8 Å². The smallest absolute Gasteiger partial charge is 0.306 e. The fourth-order valence-corrected chi connectivity index (χ4v) is 11.2. The average Bonchev–Trinajstić information content (AvgIpc) is 4.17. The molecule has 6 atom stereocenters. The SMILES string of the molecule is COc1cc2nc(-c3ccccc3)cc3c2cc1CCCC[C@H](C)COC(=O)C[C@H]1CCCCCCC[C@@H]2C[C@@]2(C(=O)NS(=O)(=O)C2CC2)CC(=O)[C@@H]2C[C@H](CN2C1=O)O3. The number of hydrogen-bond acceptors (Lipinski definition) is 10. The number of benzene rings is 2. The molecule has 13 heteroatoms. The molecule has 2 aliphatic carbocycles. The van der Waals surface area contributed by atoms with E-state index in [4.69, 9.17) is 19.2 Å². The molecule has 4 fully saturated rings. The molecule has 3 aliphatic heterocycles. The van der Waals surface area contributed by atoms with Gasteiger partial charge < -0.3 is 19.1 Å². The van der Waals surface area contributed by atoms with Crippen LogP contribution in [0.25, 0.3) is 22.2 Å². The molecule has 2 saturated carbocycles. The van der Waals surface area contributed by atoms with Crippen molar-refractivity contribution in [1.29, 1.82) is 0 Å². The van der Waals surface area contributed by atoms with Crippen LogP contribution in [0.2, 0.25) is 0 Å². The van der Waals surface area contributed by atoms with E-state index in [1.54, 1.807) is 12.0 Å². The minimum absolute atomic E-state index is 0.0844. The average molecular weight is 842 g/mol. The number of methoxy groups -OCH3 is 1. The molecule has 322 valence electrons. The summed E-state index contributed by atoms with van der Waals surface area (Å²) >= 11 is 0. The number of aryl methyl sites for hydroxylation is 1. The number of amides is 2. The van der Waals surface area contributed by atoms with E-state index in [2.05, 4.69) is 17.7 Å². The van der Waals surface area contributed by atoms with Crippen LogP contribution in [0.15, 0.2) is 48.5 Å². The zero-order valence-electron chi connectivity index (χ0n) is 35.0. The van der Waals surface area contributed by atoms with Crippen LogP contribution in [0, 0.1) is 23.2 Å². The molecule has 3 aromatic rings. The summed E-state index contributed by atoms with van der Waals surface area (Å²) in [6, 6.07) is 14.8. The van der Waals surface area contributed by atoms with E-state index in [1.165, 1.54) is 0 Å². The maximum Gasteiger partial charge on any atom is 0.306 e. The summed E-state index contributed by atoms with van der Waals surface area (Å²) in [7, 11) is -2.17. The van der Waals surface area contributed by atoms with Crippen LogP contribution in [-0.4, -0.2) is 79.5 Å². The second-order valence-electron chi connectivity index (χ2n) is 18.2. The Morgan fingerprint density at radius 2 is 1.68 bits per heavy atom. The lowest BCUT2D eigenvalue weighted by Gasteiger charge is -2.29. The second-order valence-corrected chi connectivity index (χ2v) is 20.2. The minimum atomic E-state index is -3.83. The molecular weight excluding hydrogens is 783 g/mol. The number of esters is 1. The minimum Gasteiger partial charge on any atom is -0.496 e. The molecule has 2 aromatic carbocycles. The number of ketones is 1. The molecule has 5 aliphatic rings. The molecule has 4 heterocycles. The second kappa shape index (κ2) is 17.8. The van der Waals surface area contributed by atoms with Gasteiger partial charge in [0.15, 0.2) is 5.78 Å². The fourth-order valence-electron chi connectivity index (χ4n) is 9.82. The summed E-state index contributed by atoms with van der Waals surface area (Å²) in [5.41, 5.74) is 2.15. The molecule has 1 N–H and O–H groups in total. The Morgan fingerprint density at radius 3 is 2.45 bits per heavy atom. The van der Waals surface area contributed by atoms with Crippen molar-refractivity contribution in [3.05, 3.63) is 54.1 Å². The molecule has 12 nitrogen and oxygen atoms in total. The highest BCUT2D eigenvalue weighted by Gasteiger charge is 2.62. The van der Waals surface area contributed by atoms with E-state index in [0.717, 1.165) is 86.5 Å². The number of sulfonamides is 1. The number of rotatable bonds is 5. The molecule has 60 heavy (non-hydrogen) atoms. The number of Topliss-reactive ketones (excluding diaryl/α,β-unsaturated/α-hetero) is 1. The Labute approximate surface area is 353 Å². The van der Waals surface area contributed by atoms with Gasteiger partial charge in [0.25, 0.3) is 0 Å². The van der Waals surface area contributed by atoms with Gasteiger partial charge in [0.2, 0.25) is 21.8 Å². The first kappa shape index (κ1) is 42.2. The van der Waals surface area contributed by atoms with Gasteiger partial charge in [-0.1, -0.05) is 75.8 Å². The monoisotopic (exact) mass is 841 g/mol. The number of ether oxygens (including phenoxy) is 3. The van der Waals surface area contributed by atoms with Gasteiger partial charge in [0.1, 0.15) is 17.6 Å². The lowest BCUT2D eigenvalue weighted by Crippen LogP contribution is -2.46. The van der Waals surface area contributed by atoms with Crippen LogP contribution >= 0.6 is 0 Å². The third kappa shape index (κ3) is 9.35. The fraction of sp³-hybridized carbons (Fsp3) is 0.596. The molecule has 5 bridgehead atoms. The maximum atomic E-state index is 14.9. The highest BCUT2D eigenvalue weighted by Crippen LogP contribution is 2.59. The first-order valence-electron chi connectivity index (χ1n) is 22.2. The normalized spacial score (nSPS) is 28.6. The Balaban J connectivity index is 1.18. The quantitative estimate of drug-likeness (QED) is 0.255. The highest BCUT2D eigenvalue weighted by atomic mass is 32.2. The number of nitrogens with zero attached hydrogens (tertiary/aromatic N) is 2. The zero-order valence-corrected chi connectivity index (χ0v) is 35.8. The van der Waals surface area contributed by atoms with Gasteiger partial charge in [0.05, 0.1) is 54.6 Å². The van der Waals surface area contributed by atoms with Crippen LogP contribution in [0.3, 0.4) is 0 Å². The van der Waals surface area contributed by atoms with E-state index in [-0.39, 0.29) is 55.9 Å². The van der Waals surface area contributed by atoms with Gasteiger partial charge in [-0.3, -0.25) is 23.9 Å². The van der Waals surface area contributed by atoms with E-state index in [9.17, 15) is 27.6 Å². The standard InChI is InChI=1S/C47H59N3O9S/c1-30-13-11-12-16-32-21-37-39(25-42(32)57-2)48-38(31-14-8-6-9-15-31)24-43(37)59-35-23-40-41(51)27-47(46(54)49-60(55,56)36-19-20-36)26-34(47)18-10-5-3-4-7-17-33(22-44(52)58-29-30)45(53)50(40)28-35/h6,8-9,14-15,21,24-25,30,33-36,40H,3-5,7,10-13,16-20,22-23,26-29H2,1-2H3,(H,49,54)/t30-,33+,34+,35+,40-,47+/m0/s1. The van der Waals surface area contributed by atoms with Crippen molar-refractivity contribution in [2.75, 3.05) is 20.3 Å². The molecule has 0 unspecified atom stereocenters. The van der Waals surface area contributed by atoms with Gasteiger partial charge in [-0.2, -0.15) is 0 Å². The van der Waals surface area contributed by atoms with Crippen molar-refractivity contribution in [3.8, 4) is 22.8 Å². The van der Waals surface area contributed by atoms with E-state index >= 15 is 0 Å². The molecule has 2 amide bonds. The van der Waals surface area contributed by atoms with Crippen molar-refractivity contribution in [2.24, 2.45) is 23.2 Å². The van der Waals surface area contributed by atoms with E-state index < -0.39 is 50.6 Å². The van der Waals surface area contributed by atoms with Crippen molar-refractivity contribution in [2.45, 2.75) is 133 Å².